The molecule has 2 aromatic carbocycles. The molecule has 1 aromatic heterocycles. The van der Waals surface area contributed by atoms with Crippen molar-refractivity contribution in [1.82, 2.24) is 15.6 Å². The summed E-state index contributed by atoms with van der Waals surface area (Å²) in [7, 11) is 0. The van der Waals surface area contributed by atoms with Gasteiger partial charge in [0.1, 0.15) is 17.2 Å². The van der Waals surface area contributed by atoms with E-state index in [2.05, 4.69) is 15.6 Å². The number of nitrogens with zero attached hydrogens (tertiary/aromatic N) is 1. The number of pyridine rings is 1. The fourth-order valence-corrected chi connectivity index (χ4v) is 2.46. The SMILES string of the molecule is O=C(NCc1ccccc1)c1cccc(C(=O)NCc2ccccc2F)n1. The van der Waals surface area contributed by atoms with E-state index in [4.69, 9.17) is 0 Å². The first-order valence-electron chi connectivity index (χ1n) is 8.44. The molecule has 0 aliphatic heterocycles. The molecule has 6 heteroatoms. The molecule has 0 spiro atoms. The number of rotatable bonds is 6. The van der Waals surface area contributed by atoms with E-state index in [0.29, 0.717) is 12.1 Å². The van der Waals surface area contributed by atoms with Gasteiger partial charge in [-0.25, -0.2) is 9.37 Å². The highest BCUT2D eigenvalue weighted by atomic mass is 19.1. The molecule has 0 saturated heterocycles. The van der Waals surface area contributed by atoms with Crippen LogP contribution in [0.5, 0.6) is 0 Å². The Morgan fingerprint density at radius 3 is 2.00 bits per heavy atom. The monoisotopic (exact) mass is 363 g/mol. The fourth-order valence-electron chi connectivity index (χ4n) is 2.46. The number of benzene rings is 2. The molecule has 0 unspecified atom stereocenters. The van der Waals surface area contributed by atoms with Gasteiger partial charge in [-0.3, -0.25) is 9.59 Å². The van der Waals surface area contributed by atoms with Crippen LogP contribution < -0.4 is 10.6 Å². The minimum atomic E-state index is -0.476. The van der Waals surface area contributed by atoms with Crippen LogP contribution in [0.25, 0.3) is 0 Å². The van der Waals surface area contributed by atoms with Gasteiger partial charge in [0, 0.05) is 18.7 Å². The van der Waals surface area contributed by atoms with Crippen LogP contribution in [0.15, 0.2) is 72.8 Å². The van der Waals surface area contributed by atoms with Crippen LogP contribution in [0.3, 0.4) is 0 Å². The molecule has 3 rings (SSSR count). The Bertz CT molecular complexity index is 945. The molecule has 0 fully saturated rings. The minimum Gasteiger partial charge on any atom is -0.347 e. The van der Waals surface area contributed by atoms with E-state index in [-0.39, 0.29) is 29.7 Å². The molecular weight excluding hydrogens is 345 g/mol. The lowest BCUT2D eigenvalue weighted by molar-refractivity contribution is 0.0941. The molecule has 27 heavy (non-hydrogen) atoms. The second-order valence-electron chi connectivity index (χ2n) is 5.85. The standard InChI is InChI=1S/C21H18FN3O2/c22-17-10-5-4-9-16(17)14-24-21(27)19-12-6-11-18(25-19)20(26)23-13-15-7-2-1-3-8-15/h1-12H,13-14H2,(H,23,26)(H,24,27). The first kappa shape index (κ1) is 18.3. The van der Waals surface area contributed by atoms with Gasteiger partial charge in [0.25, 0.3) is 11.8 Å². The van der Waals surface area contributed by atoms with Crippen LogP contribution >= 0.6 is 0 Å². The molecule has 0 atom stereocenters. The average Bonchev–Trinajstić information content (AvgIpc) is 2.72. The molecule has 3 aromatic rings. The third-order valence-corrected chi connectivity index (χ3v) is 3.91. The van der Waals surface area contributed by atoms with Crippen molar-refractivity contribution in [3.05, 3.63) is 101 Å². The molecular formula is C21H18FN3O2. The number of amides is 2. The Labute approximate surface area is 156 Å². The largest absolute Gasteiger partial charge is 0.347 e. The van der Waals surface area contributed by atoms with Crippen molar-refractivity contribution < 1.29 is 14.0 Å². The first-order chi connectivity index (χ1) is 13.1. The van der Waals surface area contributed by atoms with Gasteiger partial charge in [-0.2, -0.15) is 0 Å². The van der Waals surface area contributed by atoms with E-state index < -0.39 is 5.91 Å². The van der Waals surface area contributed by atoms with Crippen LogP contribution in [0, 0.1) is 5.82 Å². The van der Waals surface area contributed by atoms with Crippen LogP contribution in [0.2, 0.25) is 0 Å². The van der Waals surface area contributed by atoms with Gasteiger partial charge in [-0.15, -0.1) is 0 Å². The number of hydrogen-bond acceptors (Lipinski definition) is 3. The third-order valence-electron chi connectivity index (χ3n) is 3.91. The number of hydrogen-bond donors (Lipinski definition) is 2. The quantitative estimate of drug-likeness (QED) is 0.707. The normalized spacial score (nSPS) is 10.3. The van der Waals surface area contributed by atoms with E-state index in [1.807, 2.05) is 30.3 Å². The molecule has 0 bridgehead atoms. The zero-order valence-electron chi connectivity index (χ0n) is 14.5. The van der Waals surface area contributed by atoms with Gasteiger partial charge in [0.15, 0.2) is 0 Å². The summed E-state index contributed by atoms with van der Waals surface area (Å²) < 4.78 is 13.6. The van der Waals surface area contributed by atoms with Crippen LogP contribution in [0.4, 0.5) is 4.39 Å². The maximum absolute atomic E-state index is 13.6. The summed E-state index contributed by atoms with van der Waals surface area (Å²) >= 11 is 0. The van der Waals surface area contributed by atoms with Gasteiger partial charge in [0.05, 0.1) is 0 Å². The molecule has 2 amide bonds. The highest BCUT2D eigenvalue weighted by molar-refractivity contribution is 5.96. The van der Waals surface area contributed by atoms with Crippen molar-refractivity contribution in [3.8, 4) is 0 Å². The van der Waals surface area contributed by atoms with E-state index >= 15 is 0 Å². The second-order valence-corrected chi connectivity index (χ2v) is 5.85. The Morgan fingerprint density at radius 2 is 1.33 bits per heavy atom. The Hall–Kier alpha value is -3.54. The summed E-state index contributed by atoms with van der Waals surface area (Å²) in [6.45, 7) is 0.405. The van der Waals surface area contributed by atoms with Crippen LogP contribution in [0.1, 0.15) is 32.1 Å². The fraction of sp³-hybridized carbons (Fsp3) is 0.0952. The predicted molar refractivity (Wildman–Crippen MR) is 99.4 cm³/mol. The molecule has 136 valence electrons. The number of carbonyl (C=O) groups excluding carboxylic acids is 2. The summed E-state index contributed by atoms with van der Waals surface area (Å²) in [5.74, 6) is -1.24. The zero-order chi connectivity index (χ0) is 19.1. The minimum absolute atomic E-state index is 0.0393. The van der Waals surface area contributed by atoms with Gasteiger partial charge >= 0.3 is 0 Å². The third kappa shape index (κ3) is 4.98. The number of aromatic nitrogens is 1. The molecule has 1 heterocycles. The van der Waals surface area contributed by atoms with Crippen molar-refractivity contribution in [3.63, 3.8) is 0 Å². The van der Waals surface area contributed by atoms with Gasteiger partial charge < -0.3 is 10.6 Å². The highest BCUT2D eigenvalue weighted by Gasteiger charge is 2.12. The lowest BCUT2D eigenvalue weighted by Gasteiger charge is -2.08. The topological polar surface area (TPSA) is 71.1 Å². The average molecular weight is 363 g/mol. The summed E-state index contributed by atoms with van der Waals surface area (Å²) in [6.07, 6.45) is 0. The summed E-state index contributed by atoms with van der Waals surface area (Å²) in [5.41, 5.74) is 1.58. The van der Waals surface area contributed by atoms with E-state index in [9.17, 15) is 14.0 Å². The van der Waals surface area contributed by atoms with E-state index in [1.165, 1.54) is 18.2 Å². The maximum Gasteiger partial charge on any atom is 0.270 e. The van der Waals surface area contributed by atoms with Crippen molar-refractivity contribution in [2.24, 2.45) is 0 Å². The molecule has 5 nitrogen and oxygen atoms in total. The lowest BCUT2D eigenvalue weighted by Crippen LogP contribution is -2.27. The van der Waals surface area contributed by atoms with Crippen molar-refractivity contribution in [2.75, 3.05) is 0 Å². The molecule has 2 N–H and O–H groups in total. The Morgan fingerprint density at radius 1 is 0.741 bits per heavy atom. The number of nitrogens with one attached hydrogen (secondary N) is 2. The molecule has 0 radical (unpaired) electrons. The Kier molecular flexibility index (Phi) is 5.89. The predicted octanol–water partition coefficient (Wildman–Crippen LogP) is 3.08. The van der Waals surface area contributed by atoms with E-state index in [0.717, 1.165) is 5.56 Å². The second kappa shape index (κ2) is 8.71. The molecule has 0 saturated carbocycles. The summed E-state index contributed by atoms with van der Waals surface area (Å²) in [5, 5.41) is 5.37. The van der Waals surface area contributed by atoms with Gasteiger partial charge in [-0.1, -0.05) is 54.6 Å². The van der Waals surface area contributed by atoms with Crippen LogP contribution in [-0.2, 0) is 13.1 Å². The smallest absolute Gasteiger partial charge is 0.270 e. The van der Waals surface area contributed by atoms with Gasteiger partial charge in [0.2, 0.25) is 0 Å². The van der Waals surface area contributed by atoms with Crippen LogP contribution in [-0.4, -0.2) is 16.8 Å². The molecule has 0 aliphatic carbocycles. The number of carbonyl (C=O) groups is 2. The summed E-state index contributed by atoms with van der Waals surface area (Å²) in [4.78, 5) is 28.6. The lowest BCUT2D eigenvalue weighted by atomic mass is 10.2. The summed E-state index contributed by atoms with van der Waals surface area (Å²) in [6, 6.07) is 20.3. The Balaban J connectivity index is 1.61. The molecule has 0 aliphatic rings. The van der Waals surface area contributed by atoms with E-state index in [1.54, 1.807) is 24.3 Å². The van der Waals surface area contributed by atoms with Gasteiger partial charge in [-0.05, 0) is 23.8 Å². The zero-order valence-corrected chi connectivity index (χ0v) is 14.5. The maximum atomic E-state index is 13.6. The highest BCUT2D eigenvalue weighted by Crippen LogP contribution is 2.07. The first-order valence-corrected chi connectivity index (χ1v) is 8.44. The van der Waals surface area contributed by atoms with Crippen molar-refractivity contribution in [1.29, 1.82) is 0 Å². The number of halogens is 1. The van der Waals surface area contributed by atoms with Crippen molar-refractivity contribution in [2.45, 2.75) is 13.1 Å². The van der Waals surface area contributed by atoms with Crippen molar-refractivity contribution >= 4 is 11.8 Å².